The Balaban J connectivity index is 3.52. The molecular weight excluding hydrogens is 164 g/mol. The highest BCUT2D eigenvalue weighted by atomic mass is 16.2. The monoisotopic (exact) mass is 182 g/mol. The molecule has 0 aliphatic rings. The normalized spacial score (nSPS) is 9.31. The number of carbonyl (C=O) groups excluding carboxylic acids is 1. The van der Waals surface area contributed by atoms with Crippen LogP contribution in [0.25, 0.3) is 0 Å². The van der Waals surface area contributed by atoms with Crippen LogP contribution in [0, 0.1) is 11.3 Å². The van der Waals surface area contributed by atoms with Gasteiger partial charge in [-0.2, -0.15) is 5.26 Å². The molecule has 0 N–H and O–H groups in total. The molecule has 0 saturated heterocycles. The number of amides is 1. The SMILES string of the molecule is CCCCCN(C)C(=O)CCC#N. The third kappa shape index (κ3) is 6.15. The predicted octanol–water partition coefficient (Wildman–Crippen LogP) is 1.94. The molecule has 0 spiro atoms. The number of hydrogen-bond acceptors (Lipinski definition) is 2. The molecule has 0 aromatic rings. The van der Waals surface area contributed by atoms with Crippen LogP contribution in [0.1, 0.15) is 39.0 Å². The predicted molar refractivity (Wildman–Crippen MR) is 52.0 cm³/mol. The fraction of sp³-hybridized carbons (Fsp3) is 0.800. The van der Waals surface area contributed by atoms with Crippen molar-refractivity contribution in [1.82, 2.24) is 4.90 Å². The number of unbranched alkanes of at least 4 members (excludes halogenated alkanes) is 2. The Morgan fingerprint density at radius 1 is 1.46 bits per heavy atom. The van der Waals surface area contributed by atoms with E-state index < -0.39 is 0 Å². The fourth-order valence-electron chi connectivity index (χ4n) is 1.08. The summed E-state index contributed by atoms with van der Waals surface area (Å²) in [6, 6.07) is 1.97. The van der Waals surface area contributed by atoms with Gasteiger partial charge in [-0.3, -0.25) is 4.79 Å². The smallest absolute Gasteiger partial charge is 0.223 e. The summed E-state index contributed by atoms with van der Waals surface area (Å²) >= 11 is 0. The summed E-state index contributed by atoms with van der Waals surface area (Å²) in [6.07, 6.45) is 4.08. The highest BCUT2D eigenvalue weighted by Crippen LogP contribution is 1.99. The lowest BCUT2D eigenvalue weighted by Crippen LogP contribution is -2.27. The Morgan fingerprint density at radius 3 is 2.69 bits per heavy atom. The van der Waals surface area contributed by atoms with Crippen molar-refractivity contribution in [2.75, 3.05) is 13.6 Å². The van der Waals surface area contributed by atoms with Crippen molar-refractivity contribution in [2.45, 2.75) is 39.0 Å². The number of nitrogens with zero attached hydrogens (tertiary/aromatic N) is 2. The average molecular weight is 182 g/mol. The molecule has 3 heteroatoms. The van der Waals surface area contributed by atoms with Crippen molar-refractivity contribution in [3.05, 3.63) is 0 Å². The van der Waals surface area contributed by atoms with E-state index in [1.165, 1.54) is 6.42 Å². The summed E-state index contributed by atoms with van der Waals surface area (Å²) in [6.45, 7) is 2.95. The molecule has 0 aromatic carbocycles. The van der Waals surface area contributed by atoms with Gasteiger partial charge in [-0.15, -0.1) is 0 Å². The molecular formula is C10H18N2O. The van der Waals surface area contributed by atoms with Crippen LogP contribution >= 0.6 is 0 Å². The molecule has 0 heterocycles. The minimum Gasteiger partial charge on any atom is -0.346 e. The van der Waals surface area contributed by atoms with Gasteiger partial charge in [0.1, 0.15) is 0 Å². The molecule has 0 aromatic heterocycles. The molecule has 0 fully saturated rings. The molecule has 74 valence electrons. The maximum absolute atomic E-state index is 11.3. The first kappa shape index (κ1) is 12.0. The number of hydrogen-bond donors (Lipinski definition) is 0. The number of nitriles is 1. The summed E-state index contributed by atoms with van der Waals surface area (Å²) in [7, 11) is 1.80. The maximum atomic E-state index is 11.3. The van der Waals surface area contributed by atoms with Crippen LogP contribution in [0.3, 0.4) is 0 Å². The van der Waals surface area contributed by atoms with Crippen LogP contribution in [0.15, 0.2) is 0 Å². The van der Waals surface area contributed by atoms with Gasteiger partial charge >= 0.3 is 0 Å². The van der Waals surface area contributed by atoms with Gasteiger partial charge in [-0.25, -0.2) is 0 Å². The lowest BCUT2D eigenvalue weighted by molar-refractivity contribution is -0.129. The van der Waals surface area contributed by atoms with Crippen molar-refractivity contribution in [2.24, 2.45) is 0 Å². The van der Waals surface area contributed by atoms with Gasteiger partial charge in [0.05, 0.1) is 6.07 Å². The molecule has 0 rings (SSSR count). The number of rotatable bonds is 6. The first-order valence-electron chi connectivity index (χ1n) is 4.83. The van der Waals surface area contributed by atoms with E-state index in [0.717, 1.165) is 19.4 Å². The van der Waals surface area contributed by atoms with E-state index in [0.29, 0.717) is 12.8 Å². The zero-order valence-corrected chi connectivity index (χ0v) is 8.55. The molecule has 1 amide bonds. The van der Waals surface area contributed by atoms with Crippen molar-refractivity contribution in [3.8, 4) is 6.07 Å². The molecule has 0 aliphatic heterocycles. The van der Waals surface area contributed by atoms with Crippen LogP contribution in [0.4, 0.5) is 0 Å². The van der Waals surface area contributed by atoms with E-state index in [1.54, 1.807) is 11.9 Å². The zero-order chi connectivity index (χ0) is 10.1. The zero-order valence-electron chi connectivity index (χ0n) is 8.55. The van der Waals surface area contributed by atoms with Crippen molar-refractivity contribution in [1.29, 1.82) is 5.26 Å². The van der Waals surface area contributed by atoms with Gasteiger partial charge in [-0.1, -0.05) is 19.8 Å². The van der Waals surface area contributed by atoms with Gasteiger partial charge in [0.25, 0.3) is 0 Å². The summed E-state index contributed by atoms with van der Waals surface area (Å²) in [4.78, 5) is 13.0. The summed E-state index contributed by atoms with van der Waals surface area (Å²) < 4.78 is 0. The van der Waals surface area contributed by atoms with E-state index in [4.69, 9.17) is 5.26 Å². The van der Waals surface area contributed by atoms with E-state index in [1.807, 2.05) is 6.07 Å². The summed E-state index contributed by atoms with van der Waals surface area (Å²) in [5, 5.41) is 8.29. The van der Waals surface area contributed by atoms with Crippen LogP contribution in [0.5, 0.6) is 0 Å². The molecule has 3 nitrogen and oxygen atoms in total. The Labute approximate surface area is 80.3 Å². The van der Waals surface area contributed by atoms with E-state index in [9.17, 15) is 4.79 Å². The molecule has 0 radical (unpaired) electrons. The van der Waals surface area contributed by atoms with E-state index >= 15 is 0 Å². The van der Waals surface area contributed by atoms with Crippen LogP contribution in [0.2, 0.25) is 0 Å². The Bertz CT molecular complexity index is 184. The third-order valence-electron chi connectivity index (χ3n) is 1.97. The summed E-state index contributed by atoms with van der Waals surface area (Å²) in [5.74, 6) is 0.0812. The van der Waals surface area contributed by atoms with Gasteiger partial charge in [-0.05, 0) is 6.42 Å². The fourth-order valence-corrected chi connectivity index (χ4v) is 1.08. The Kier molecular flexibility index (Phi) is 6.99. The highest BCUT2D eigenvalue weighted by Gasteiger charge is 2.06. The van der Waals surface area contributed by atoms with Crippen molar-refractivity contribution >= 4 is 5.91 Å². The van der Waals surface area contributed by atoms with Gasteiger partial charge in [0, 0.05) is 26.4 Å². The Hall–Kier alpha value is -1.04. The largest absolute Gasteiger partial charge is 0.346 e. The first-order chi connectivity index (χ1) is 6.22. The minimum absolute atomic E-state index is 0.0812. The lowest BCUT2D eigenvalue weighted by Gasteiger charge is -2.15. The average Bonchev–Trinajstić information content (AvgIpc) is 2.14. The molecule has 0 saturated carbocycles. The molecule has 0 unspecified atom stereocenters. The minimum atomic E-state index is 0.0812. The highest BCUT2D eigenvalue weighted by molar-refractivity contribution is 5.75. The standard InChI is InChI=1S/C10H18N2O/c1-3-4-5-9-12(2)10(13)7-6-8-11/h3-7,9H2,1-2H3. The Morgan fingerprint density at radius 2 is 2.15 bits per heavy atom. The first-order valence-corrected chi connectivity index (χ1v) is 4.83. The van der Waals surface area contributed by atoms with E-state index in [2.05, 4.69) is 6.92 Å². The number of carbonyl (C=O) groups is 1. The quantitative estimate of drug-likeness (QED) is 0.589. The van der Waals surface area contributed by atoms with Gasteiger partial charge < -0.3 is 4.90 Å². The van der Waals surface area contributed by atoms with Crippen LogP contribution < -0.4 is 0 Å². The van der Waals surface area contributed by atoms with Gasteiger partial charge in [0.2, 0.25) is 5.91 Å². The second-order valence-corrected chi connectivity index (χ2v) is 3.18. The second-order valence-electron chi connectivity index (χ2n) is 3.18. The topological polar surface area (TPSA) is 44.1 Å². The molecule has 0 aliphatic carbocycles. The van der Waals surface area contributed by atoms with E-state index in [-0.39, 0.29) is 5.91 Å². The second kappa shape index (κ2) is 7.60. The molecule has 0 atom stereocenters. The lowest BCUT2D eigenvalue weighted by atomic mass is 10.2. The van der Waals surface area contributed by atoms with Gasteiger partial charge in [0.15, 0.2) is 0 Å². The summed E-state index contributed by atoms with van der Waals surface area (Å²) in [5.41, 5.74) is 0. The van der Waals surface area contributed by atoms with Crippen molar-refractivity contribution in [3.63, 3.8) is 0 Å². The molecule has 13 heavy (non-hydrogen) atoms. The van der Waals surface area contributed by atoms with Crippen molar-refractivity contribution < 1.29 is 4.79 Å². The van der Waals surface area contributed by atoms with Crippen LogP contribution in [-0.2, 0) is 4.79 Å². The molecule has 0 bridgehead atoms. The maximum Gasteiger partial charge on any atom is 0.223 e. The van der Waals surface area contributed by atoms with Crippen LogP contribution in [-0.4, -0.2) is 24.4 Å². The third-order valence-corrected chi connectivity index (χ3v) is 1.97.